The molecule has 0 aliphatic carbocycles. The third kappa shape index (κ3) is 4.96. The van der Waals surface area contributed by atoms with Crippen molar-refractivity contribution in [1.82, 2.24) is 20.4 Å². The van der Waals surface area contributed by atoms with Gasteiger partial charge in [0.15, 0.2) is 0 Å². The molecule has 4 rings (SSSR count). The number of benzene rings is 2. The van der Waals surface area contributed by atoms with Crippen molar-refractivity contribution in [3.8, 4) is 11.4 Å². The molecule has 7 heteroatoms. The van der Waals surface area contributed by atoms with E-state index in [0.717, 1.165) is 48.1 Å². The van der Waals surface area contributed by atoms with Gasteiger partial charge in [-0.1, -0.05) is 79.8 Å². The van der Waals surface area contributed by atoms with Crippen LogP contribution in [-0.2, 0) is 6.42 Å². The van der Waals surface area contributed by atoms with Gasteiger partial charge in [-0.05, 0) is 43.0 Å². The average molecular weight is 465 g/mol. The molecule has 1 atom stereocenters. The Morgan fingerprint density at radius 2 is 1.79 bits per heavy atom. The van der Waals surface area contributed by atoms with Crippen LogP contribution in [0.15, 0.2) is 58.8 Å². The fourth-order valence-corrected chi connectivity index (χ4v) is 4.22. The molecule has 0 bridgehead atoms. The van der Waals surface area contributed by atoms with Crippen LogP contribution in [0.2, 0.25) is 5.02 Å². The highest BCUT2D eigenvalue weighted by Gasteiger charge is 2.35. The molecule has 172 valence electrons. The van der Waals surface area contributed by atoms with Crippen LogP contribution in [0.5, 0.6) is 0 Å². The number of aromatic nitrogens is 2. The van der Waals surface area contributed by atoms with Crippen molar-refractivity contribution in [2.75, 3.05) is 6.54 Å². The SMILES string of the molecule is CCCCCN1C(=O)NC(c2ccc(Cl)cc2)C(c2nc(-c3ccc(CC)cc3)no2)=C1C. The summed E-state index contributed by atoms with van der Waals surface area (Å²) < 4.78 is 5.75. The molecular weight excluding hydrogens is 436 g/mol. The van der Waals surface area contributed by atoms with Gasteiger partial charge in [-0.3, -0.25) is 4.90 Å². The second-order valence-corrected chi connectivity index (χ2v) is 8.70. The lowest BCUT2D eigenvalue weighted by molar-refractivity contribution is 0.204. The van der Waals surface area contributed by atoms with Gasteiger partial charge in [-0.15, -0.1) is 0 Å². The van der Waals surface area contributed by atoms with E-state index < -0.39 is 6.04 Å². The van der Waals surface area contributed by atoms with E-state index in [4.69, 9.17) is 21.1 Å². The lowest BCUT2D eigenvalue weighted by Gasteiger charge is -2.35. The molecular formula is C26H29ClN4O2. The summed E-state index contributed by atoms with van der Waals surface area (Å²) in [6.45, 7) is 6.86. The van der Waals surface area contributed by atoms with Gasteiger partial charge in [0.2, 0.25) is 5.82 Å². The second-order valence-electron chi connectivity index (χ2n) is 8.27. The van der Waals surface area contributed by atoms with Crippen LogP contribution >= 0.6 is 11.6 Å². The highest BCUT2D eigenvalue weighted by Crippen LogP contribution is 2.37. The molecule has 2 heterocycles. The summed E-state index contributed by atoms with van der Waals surface area (Å²) in [5.41, 5.74) is 4.68. The fourth-order valence-electron chi connectivity index (χ4n) is 4.09. The third-order valence-corrected chi connectivity index (χ3v) is 6.31. The number of carbonyl (C=O) groups excluding carboxylic acids is 1. The van der Waals surface area contributed by atoms with E-state index >= 15 is 0 Å². The standard InChI is InChI=1S/C26H29ClN4O2/c1-4-6-7-16-31-17(3)22(23(28-26(31)32)19-12-14-21(27)15-13-19)25-29-24(30-33-25)20-10-8-18(5-2)9-11-20/h8-15,23H,4-7,16H2,1-3H3,(H,28,32). The minimum atomic E-state index is -0.409. The summed E-state index contributed by atoms with van der Waals surface area (Å²) in [5.74, 6) is 0.930. The first-order chi connectivity index (χ1) is 16.0. The molecule has 0 saturated carbocycles. The third-order valence-electron chi connectivity index (χ3n) is 6.06. The maximum atomic E-state index is 13.0. The van der Waals surface area contributed by atoms with Crippen LogP contribution in [0, 0.1) is 0 Å². The van der Waals surface area contributed by atoms with Crippen LogP contribution in [0.4, 0.5) is 4.79 Å². The van der Waals surface area contributed by atoms with Gasteiger partial charge in [0.1, 0.15) is 0 Å². The number of unbranched alkanes of at least 4 members (excludes halogenated alkanes) is 2. The summed E-state index contributed by atoms with van der Waals surface area (Å²) in [7, 11) is 0. The number of aryl methyl sites for hydroxylation is 1. The van der Waals surface area contributed by atoms with Crippen LogP contribution in [0.3, 0.4) is 0 Å². The largest absolute Gasteiger partial charge is 0.334 e. The fraction of sp³-hybridized carbons (Fsp3) is 0.346. The Bertz CT molecular complexity index is 1140. The molecule has 33 heavy (non-hydrogen) atoms. The maximum absolute atomic E-state index is 13.0. The van der Waals surface area contributed by atoms with E-state index in [-0.39, 0.29) is 6.03 Å². The molecule has 1 N–H and O–H groups in total. The number of carbonyl (C=O) groups is 1. The van der Waals surface area contributed by atoms with Crippen molar-refractivity contribution in [3.05, 3.63) is 76.3 Å². The highest BCUT2D eigenvalue weighted by molar-refractivity contribution is 6.30. The number of nitrogens with one attached hydrogen (secondary N) is 1. The number of nitrogens with zero attached hydrogens (tertiary/aromatic N) is 3. The van der Waals surface area contributed by atoms with E-state index in [1.165, 1.54) is 5.56 Å². The minimum absolute atomic E-state index is 0.123. The molecule has 6 nitrogen and oxygen atoms in total. The number of urea groups is 1. The van der Waals surface area contributed by atoms with Crippen molar-refractivity contribution < 1.29 is 9.32 Å². The predicted molar refractivity (Wildman–Crippen MR) is 131 cm³/mol. The zero-order chi connectivity index (χ0) is 23.4. The minimum Gasteiger partial charge on any atom is -0.334 e. The normalized spacial score (nSPS) is 16.3. The van der Waals surface area contributed by atoms with E-state index in [0.29, 0.717) is 23.3 Å². The zero-order valence-corrected chi connectivity index (χ0v) is 20.0. The van der Waals surface area contributed by atoms with E-state index in [2.05, 4.69) is 36.5 Å². The number of hydrogen-bond donors (Lipinski definition) is 1. The molecule has 1 aliphatic heterocycles. The zero-order valence-electron chi connectivity index (χ0n) is 19.3. The molecule has 1 aromatic heterocycles. The predicted octanol–water partition coefficient (Wildman–Crippen LogP) is 6.64. The van der Waals surface area contributed by atoms with Gasteiger partial charge in [0.05, 0.1) is 11.6 Å². The second kappa shape index (κ2) is 10.2. The van der Waals surface area contributed by atoms with Crippen LogP contribution in [0.25, 0.3) is 17.0 Å². The van der Waals surface area contributed by atoms with Crippen molar-refractivity contribution in [2.45, 2.75) is 52.5 Å². The Morgan fingerprint density at radius 1 is 1.06 bits per heavy atom. The van der Waals surface area contributed by atoms with E-state index in [9.17, 15) is 4.79 Å². The molecule has 1 aliphatic rings. The van der Waals surface area contributed by atoms with Gasteiger partial charge in [-0.2, -0.15) is 4.98 Å². The lowest BCUT2D eigenvalue weighted by atomic mass is 9.94. The summed E-state index contributed by atoms with van der Waals surface area (Å²) >= 11 is 6.10. The number of halogens is 1. The first kappa shape index (κ1) is 23.1. The Hall–Kier alpha value is -3.12. The number of hydrogen-bond acceptors (Lipinski definition) is 4. The Labute approximate surface area is 199 Å². The summed E-state index contributed by atoms with van der Waals surface area (Å²) in [4.78, 5) is 19.5. The van der Waals surface area contributed by atoms with Gasteiger partial charge < -0.3 is 9.84 Å². The molecule has 2 amide bonds. The van der Waals surface area contributed by atoms with Crippen molar-refractivity contribution in [1.29, 1.82) is 0 Å². The van der Waals surface area contributed by atoms with Crippen LogP contribution < -0.4 is 5.32 Å². The smallest absolute Gasteiger partial charge is 0.322 e. The molecule has 3 aromatic rings. The van der Waals surface area contributed by atoms with E-state index in [1.54, 1.807) is 4.90 Å². The monoisotopic (exact) mass is 464 g/mol. The lowest BCUT2D eigenvalue weighted by Crippen LogP contribution is -2.46. The van der Waals surface area contributed by atoms with Gasteiger partial charge in [0.25, 0.3) is 5.89 Å². The molecule has 0 spiro atoms. The molecule has 1 unspecified atom stereocenters. The maximum Gasteiger partial charge on any atom is 0.322 e. The Balaban J connectivity index is 1.74. The van der Waals surface area contributed by atoms with Gasteiger partial charge >= 0.3 is 6.03 Å². The van der Waals surface area contributed by atoms with Crippen molar-refractivity contribution >= 4 is 23.2 Å². The quantitative estimate of drug-likeness (QED) is 0.379. The van der Waals surface area contributed by atoms with Gasteiger partial charge in [0, 0.05) is 22.8 Å². The van der Waals surface area contributed by atoms with E-state index in [1.807, 2.05) is 43.3 Å². The Kier molecular flexibility index (Phi) is 7.14. The summed E-state index contributed by atoms with van der Waals surface area (Å²) in [6.07, 6.45) is 4.05. The highest BCUT2D eigenvalue weighted by atomic mass is 35.5. The van der Waals surface area contributed by atoms with Crippen LogP contribution in [-0.4, -0.2) is 27.6 Å². The van der Waals surface area contributed by atoms with Crippen molar-refractivity contribution in [3.63, 3.8) is 0 Å². The number of allylic oxidation sites excluding steroid dienone is 1. The summed E-state index contributed by atoms with van der Waals surface area (Å²) in [6, 6.07) is 15.1. The molecule has 2 aromatic carbocycles. The average Bonchev–Trinajstić information content (AvgIpc) is 3.31. The number of rotatable bonds is 8. The molecule has 0 fully saturated rings. The first-order valence-corrected chi connectivity index (χ1v) is 11.9. The van der Waals surface area contributed by atoms with Crippen molar-refractivity contribution in [2.24, 2.45) is 0 Å². The van der Waals surface area contributed by atoms with Gasteiger partial charge in [-0.25, -0.2) is 4.79 Å². The topological polar surface area (TPSA) is 71.3 Å². The number of amides is 2. The molecule has 0 radical (unpaired) electrons. The van der Waals surface area contributed by atoms with Crippen LogP contribution in [0.1, 0.15) is 63.1 Å². The molecule has 0 saturated heterocycles. The Morgan fingerprint density at radius 3 is 2.45 bits per heavy atom. The summed E-state index contributed by atoms with van der Waals surface area (Å²) in [5, 5.41) is 8.01. The first-order valence-electron chi connectivity index (χ1n) is 11.5.